The molecule has 0 radical (unpaired) electrons. The van der Waals surface area contributed by atoms with Crippen molar-refractivity contribution in [2.24, 2.45) is 11.8 Å². The monoisotopic (exact) mass is 265 g/mol. The second-order valence-corrected chi connectivity index (χ2v) is 6.02. The summed E-state index contributed by atoms with van der Waals surface area (Å²) in [5, 5.41) is 10.9. The minimum Gasteiger partial charge on any atom is -0.481 e. The maximum absolute atomic E-state index is 12.2. The predicted octanol–water partition coefficient (Wildman–Crippen LogP) is 1.74. The van der Waals surface area contributed by atoms with E-state index in [0.29, 0.717) is 13.0 Å². The lowest BCUT2D eigenvalue weighted by Crippen LogP contribution is -2.32. The molecule has 18 heavy (non-hydrogen) atoms. The van der Waals surface area contributed by atoms with Crippen LogP contribution in [0.3, 0.4) is 0 Å². The Bertz CT molecular complexity index is 496. The molecular weight excluding hydrogens is 250 g/mol. The number of hydrogen-bond acceptors (Lipinski definition) is 3. The SMILES string of the molecule is O=C(O)[C@@H]1C[C@H]1C(=O)N1CCCc2sccc2C1. The van der Waals surface area contributed by atoms with Gasteiger partial charge in [-0.25, -0.2) is 0 Å². The fourth-order valence-electron chi connectivity index (χ4n) is 2.61. The number of carbonyl (C=O) groups excluding carboxylic acids is 1. The molecule has 0 unspecified atom stereocenters. The summed E-state index contributed by atoms with van der Waals surface area (Å²) in [6, 6.07) is 2.08. The van der Waals surface area contributed by atoms with Crippen LogP contribution in [0.15, 0.2) is 11.4 Å². The molecule has 1 aliphatic heterocycles. The molecule has 96 valence electrons. The summed E-state index contributed by atoms with van der Waals surface area (Å²) in [6.07, 6.45) is 2.52. The zero-order valence-electron chi connectivity index (χ0n) is 9.96. The van der Waals surface area contributed by atoms with Crippen molar-refractivity contribution in [1.82, 2.24) is 4.90 Å². The van der Waals surface area contributed by atoms with Crippen LogP contribution in [-0.4, -0.2) is 28.4 Å². The van der Waals surface area contributed by atoms with Gasteiger partial charge in [-0.1, -0.05) is 0 Å². The van der Waals surface area contributed by atoms with Gasteiger partial charge < -0.3 is 10.0 Å². The Morgan fingerprint density at radius 3 is 2.94 bits per heavy atom. The standard InChI is InChI=1S/C13H15NO3S/c15-12(9-6-10(9)13(16)17)14-4-1-2-11-8(7-14)3-5-18-11/h3,5,9-10H,1-2,4,6-7H2,(H,16,17)/t9-,10-/m1/s1. The molecule has 0 bridgehead atoms. The molecule has 1 saturated carbocycles. The van der Waals surface area contributed by atoms with E-state index in [9.17, 15) is 9.59 Å². The van der Waals surface area contributed by atoms with Crippen molar-refractivity contribution < 1.29 is 14.7 Å². The molecule has 1 fully saturated rings. The van der Waals surface area contributed by atoms with E-state index >= 15 is 0 Å². The van der Waals surface area contributed by atoms with E-state index in [1.165, 1.54) is 10.4 Å². The Kier molecular flexibility index (Phi) is 2.86. The quantitative estimate of drug-likeness (QED) is 0.886. The number of nitrogens with zero attached hydrogens (tertiary/aromatic N) is 1. The number of rotatable bonds is 2. The third-order valence-electron chi connectivity index (χ3n) is 3.77. The molecule has 0 saturated heterocycles. The number of fused-ring (bicyclic) bond motifs is 1. The van der Waals surface area contributed by atoms with Gasteiger partial charge in [-0.05, 0) is 36.3 Å². The van der Waals surface area contributed by atoms with E-state index in [1.807, 2.05) is 4.90 Å². The first kappa shape index (κ1) is 11.7. The van der Waals surface area contributed by atoms with Crippen LogP contribution in [0.25, 0.3) is 0 Å². The van der Waals surface area contributed by atoms with E-state index in [1.54, 1.807) is 11.3 Å². The molecule has 0 spiro atoms. The molecule has 3 rings (SSSR count). The van der Waals surface area contributed by atoms with E-state index in [2.05, 4.69) is 11.4 Å². The normalized spacial score (nSPS) is 26.3. The van der Waals surface area contributed by atoms with E-state index in [4.69, 9.17) is 5.11 Å². The van der Waals surface area contributed by atoms with Crippen LogP contribution in [0.5, 0.6) is 0 Å². The molecule has 1 amide bonds. The van der Waals surface area contributed by atoms with Crippen molar-refractivity contribution in [3.05, 3.63) is 21.9 Å². The maximum atomic E-state index is 12.2. The highest BCUT2D eigenvalue weighted by Crippen LogP contribution is 2.40. The predicted molar refractivity (Wildman–Crippen MR) is 67.3 cm³/mol. The Hall–Kier alpha value is -1.36. The lowest BCUT2D eigenvalue weighted by Gasteiger charge is -2.20. The summed E-state index contributed by atoms with van der Waals surface area (Å²) in [5.41, 5.74) is 1.23. The molecule has 4 nitrogen and oxygen atoms in total. The average Bonchev–Trinajstić information content (AvgIpc) is 3.08. The number of aryl methyl sites for hydroxylation is 1. The fraction of sp³-hybridized carbons (Fsp3) is 0.538. The largest absolute Gasteiger partial charge is 0.481 e. The first-order chi connectivity index (χ1) is 8.66. The highest BCUT2D eigenvalue weighted by atomic mass is 32.1. The van der Waals surface area contributed by atoms with Crippen molar-refractivity contribution in [1.29, 1.82) is 0 Å². The van der Waals surface area contributed by atoms with Gasteiger partial charge in [0.1, 0.15) is 0 Å². The highest BCUT2D eigenvalue weighted by Gasteiger charge is 2.49. The van der Waals surface area contributed by atoms with E-state index < -0.39 is 11.9 Å². The third kappa shape index (κ3) is 2.03. The summed E-state index contributed by atoms with van der Waals surface area (Å²) < 4.78 is 0. The van der Waals surface area contributed by atoms with Crippen LogP contribution in [0, 0.1) is 11.8 Å². The van der Waals surface area contributed by atoms with Crippen LogP contribution in [-0.2, 0) is 22.6 Å². The van der Waals surface area contributed by atoms with Crippen molar-refractivity contribution in [3.8, 4) is 0 Å². The van der Waals surface area contributed by atoms with Gasteiger partial charge in [-0.15, -0.1) is 11.3 Å². The molecule has 2 heterocycles. The van der Waals surface area contributed by atoms with Crippen LogP contribution >= 0.6 is 11.3 Å². The smallest absolute Gasteiger partial charge is 0.307 e. The lowest BCUT2D eigenvalue weighted by molar-refractivity contribution is -0.142. The van der Waals surface area contributed by atoms with Crippen molar-refractivity contribution in [2.75, 3.05) is 6.54 Å². The van der Waals surface area contributed by atoms with E-state index in [-0.39, 0.29) is 11.8 Å². The van der Waals surface area contributed by atoms with Crippen LogP contribution in [0.4, 0.5) is 0 Å². The van der Waals surface area contributed by atoms with Crippen LogP contribution in [0.1, 0.15) is 23.3 Å². The van der Waals surface area contributed by atoms with Crippen LogP contribution in [0.2, 0.25) is 0 Å². The first-order valence-corrected chi connectivity index (χ1v) is 7.11. The van der Waals surface area contributed by atoms with Crippen molar-refractivity contribution >= 4 is 23.2 Å². The molecule has 5 heteroatoms. The minimum atomic E-state index is -0.834. The molecule has 1 aliphatic carbocycles. The van der Waals surface area contributed by atoms with Gasteiger partial charge in [0.15, 0.2) is 0 Å². The zero-order chi connectivity index (χ0) is 12.7. The number of carbonyl (C=O) groups is 2. The van der Waals surface area contributed by atoms with Gasteiger partial charge in [0.25, 0.3) is 0 Å². The second kappa shape index (κ2) is 4.39. The Morgan fingerprint density at radius 1 is 1.39 bits per heavy atom. The lowest BCUT2D eigenvalue weighted by atomic mass is 10.2. The summed E-state index contributed by atoms with van der Waals surface area (Å²) in [6.45, 7) is 1.41. The molecular formula is C13H15NO3S. The Balaban J connectivity index is 1.70. The number of carboxylic acids is 1. The van der Waals surface area contributed by atoms with Crippen molar-refractivity contribution in [2.45, 2.75) is 25.8 Å². The summed E-state index contributed by atoms with van der Waals surface area (Å²) in [5.74, 6) is -1.52. The number of hydrogen-bond donors (Lipinski definition) is 1. The zero-order valence-corrected chi connectivity index (χ0v) is 10.8. The Morgan fingerprint density at radius 2 is 2.22 bits per heavy atom. The molecule has 2 aliphatic rings. The maximum Gasteiger partial charge on any atom is 0.307 e. The van der Waals surface area contributed by atoms with Crippen LogP contribution < -0.4 is 0 Å². The number of thiophene rings is 1. The van der Waals surface area contributed by atoms with Crippen molar-refractivity contribution in [3.63, 3.8) is 0 Å². The molecule has 1 aromatic rings. The number of amides is 1. The van der Waals surface area contributed by atoms with Gasteiger partial charge in [0.2, 0.25) is 5.91 Å². The van der Waals surface area contributed by atoms with Gasteiger partial charge in [-0.2, -0.15) is 0 Å². The molecule has 2 atom stereocenters. The minimum absolute atomic E-state index is 0.0291. The number of aliphatic carboxylic acids is 1. The molecule has 1 aromatic heterocycles. The summed E-state index contributed by atoms with van der Waals surface area (Å²) >= 11 is 1.75. The average molecular weight is 265 g/mol. The molecule has 0 aromatic carbocycles. The van der Waals surface area contributed by atoms with E-state index in [0.717, 1.165) is 19.4 Å². The first-order valence-electron chi connectivity index (χ1n) is 6.23. The van der Waals surface area contributed by atoms with Gasteiger partial charge in [-0.3, -0.25) is 9.59 Å². The van der Waals surface area contributed by atoms with Gasteiger partial charge >= 0.3 is 5.97 Å². The third-order valence-corrected chi connectivity index (χ3v) is 4.79. The summed E-state index contributed by atoms with van der Waals surface area (Å²) in [4.78, 5) is 26.3. The fourth-order valence-corrected chi connectivity index (χ4v) is 3.55. The van der Waals surface area contributed by atoms with Gasteiger partial charge in [0.05, 0.1) is 11.8 Å². The molecule has 1 N–H and O–H groups in total. The van der Waals surface area contributed by atoms with Gasteiger partial charge in [0, 0.05) is 18.0 Å². The second-order valence-electron chi connectivity index (χ2n) is 5.02. The Labute approximate surface area is 109 Å². The number of carboxylic acid groups (broad SMARTS) is 1. The highest BCUT2D eigenvalue weighted by molar-refractivity contribution is 7.10. The topological polar surface area (TPSA) is 57.6 Å². The summed E-state index contributed by atoms with van der Waals surface area (Å²) in [7, 11) is 0.